The van der Waals surface area contributed by atoms with Crippen molar-refractivity contribution in [2.75, 3.05) is 19.0 Å². The van der Waals surface area contributed by atoms with Crippen molar-refractivity contribution in [1.82, 2.24) is 9.55 Å². The van der Waals surface area contributed by atoms with E-state index in [0.717, 1.165) is 25.2 Å². The van der Waals surface area contributed by atoms with Gasteiger partial charge in [-0.3, -0.25) is 0 Å². The van der Waals surface area contributed by atoms with Gasteiger partial charge in [-0.2, -0.15) is 0 Å². The smallest absolute Gasteiger partial charge is 0.0951 e. The molecule has 1 aromatic carbocycles. The molecule has 2 aromatic rings. The minimum Gasteiger partial charge on any atom is -0.384 e. The van der Waals surface area contributed by atoms with Crippen LogP contribution in [0.5, 0.6) is 0 Å². The fourth-order valence-corrected chi connectivity index (χ4v) is 2.76. The number of nitrogens with one attached hydrogen (secondary N) is 1. The fraction of sp³-hybridized carbons (Fsp3) is 0.438. The van der Waals surface area contributed by atoms with Gasteiger partial charge in [0.2, 0.25) is 0 Å². The largest absolute Gasteiger partial charge is 0.384 e. The molecule has 0 saturated carbocycles. The van der Waals surface area contributed by atoms with Crippen LogP contribution in [0.1, 0.15) is 18.9 Å². The van der Waals surface area contributed by atoms with Crippen LogP contribution < -0.4 is 5.32 Å². The summed E-state index contributed by atoms with van der Waals surface area (Å²) in [5.41, 5.74) is 5.06. The molecule has 0 saturated heterocycles. The van der Waals surface area contributed by atoms with E-state index in [9.17, 15) is 0 Å². The van der Waals surface area contributed by atoms with Crippen LogP contribution in [0.3, 0.4) is 0 Å². The van der Waals surface area contributed by atoms with E-state index in [-0.39, 0.29) is 6.10 Å². The Bertz CT molecular complexity index is 591. The second-order valence-electron chi connectivity index (χ2n) is 5.35. The monoisotopic (exact) mass is 271 g/mol. The molecule has 1 N–H and O–H groups in total. The lowest BCUT2D eigenvalue weighted by Crippen LogP contribution is -2.16. The van der Waals surface area contributed by atoms with E-state index >= 15 is 0 Å². The third kappa shape index (κ3) is 2.43. The third-order valence-electron chi connectivity index (χ3n) is 3.92. The molecule has 0 radical (unpaired) electrons. The lowest BCUT2D eigenvalue weighted by molar-refractivity contribution is 0.103. The molecule has 20 heavy (non-hydrogen) atoms. The topological polar surface area (TPSA) is 39.1 Å². The van der Waals surface area contributed by atoms with Gasteiger partial charge >= 0.3 is 0 Å². The molecule has 1 aliphatic heterocycles. The molecular weight excluding hydrogens is 250 g/mol. The Morgan fingerprint density at radius 1 is 1.45 bits per heavy atom. The fourth-order valence-electron chi connectivity index (χ4n) is 2.76. The van der Waals surface area contributed by atoms with Gasteiger partial charge in [-0.15, -0.1) is 0 Å². The maximum atomic E-state index is 5.36. The van der Waals surface area contributed by atoms with Crippen molar-refractivity contribution in [2.45, 2.75) is 32.4 Å². The second kappa shape index (κ2) is 5.67. The molecule has 1 atom stereocenters. The summed E-state index contributed by atoms with van der Waals surface area (Å²) in [6.07, 6.45) is 6.35. The van der Waals surface area contributed by atoms with Crippen molar-refractivity contribution in [3.63, 3.8) is 0 Å². The number of aryl methyl sites for hydroxylation is 1. The summed E-state index contributed by atoms with van der Waals surface area (Å²) in [4.78, 5) is 4.31. The van der Waals surface area contributed by atoms with Crippen LogP contribution in [-0.2, 0) is 17.7 Å². The first-order chi connectivity index (χ1) is 9.79. The Labute approximate surface area is 119 Å². The minimum absolute atomic E-state index is 0.176. The maximum Gasteiger partial charge on any atom is 0.0951 e. The zero-order valence-electron chi connectivity index (χ0n) is 12.1. The molecular formula is C16H21N3O. The lowest BCUT2D eigenvalue weighted by atomic mass is 9.98. The molecule has 1 unspecified atom stereocenters. The highest BCUT2D eigenvalue weighted by Gasteiger charge is 2.16. The number of methoxy groups -OCH3 is 1. The van der Waals surface area contributed by atoms with Crippen LogP contribution in [0.25, 0.3) is 11.3 Å². The summed E-state index contributed by atoms with van der Waals surface area (Å²) >= 11 is 0. The van der Waals surface area contributed by atoms with Crippen molar-refractivity contribution in [1.29, 1.82) is 0 Å². The van der Waals surface area contributed by atoms with Gasteiger partial charge in [-0.05, 0) is 25.3 Å². The number of nitrogens with zero attached hydrogens (tertiary/aromatic N) is 2. The molecule has 0 spiro atoms. The van der Waals surface area contributed by atoms with E-state index in [1.807, 2.05) is 12.5 Å². The Morgan fingerprint density at radius 3 is 3.20 bits per heavy atom. The summed E-state index contributed by atoms with van der Waals surface area (Å²) < 4.78 is 7.53. The molecule has 3 rings (SSSR count). The summed E-state index contributed by atoms with van der Waals surface area (Å²) in [5, 5.41) is 3.54. The van der Waals surface area contributed by atoms with Gasteiger partial charge in [0.05, 0.1) is 30.9 Å². The van der Waals surface area contributed by atoms with E-state index in [1.165, 1.54) is 23.2 Å². The van der Waals surface area contributed by atoms with Crippen molar-refractivity contribution in [3.8, 4) is 11.3 Å². The van der Waals surface area contributed by atoms with Crippen LogP contribution in [0.4, 0.5) is 5.69 Å². The van der Waals surface area contributed by atoms with Gasteiger partial charge < -0.3 is 14.6 Å². The number of fused-ring (bicyclic) bond motifs is 1. The van der Waals surface area contributed by atoms with Gasteiger partial charge in [0.25, 0.3) is 0 Å². The highest BCUT2D eigenvalue weighted by atomic mass is 16.5. The van der Waals surface area contributed by atoms with Gasteiger partial charge in [0, 0.05) is 24.9 Å². The third-order valence-corrected chi connectivity index (χ3v) is 3.92. The highest BCUT2D eigenvalue weighted by molar-refractivity contribution is 5.78. The number of hydrogen-bond acceptors (Lipinski definition) is 3. The predicted molar refractivity (Wildman–Crippen MR) is 80.9 cm³/mol. The Morgan fingerprint density at radius 2 is 2.35 bits per heavy atom. The normalized spacial score (nSPS) is 15.5. The van der Waals surface area contributed by atoms with Crippen molar-refractivity contribution in [2.24, 2.45) is 0 Å². The average molecular weight is 271 g/mol. The van der Waals surface area contributed by atoms with Gasteiger partial charge in [0.15, 0.2) is 0 Å². The second-order valence-corrected chi connectivity index (χ2v) is 5.35. The van der Waals surface area contributed by atoms with Crippen molar-refractivity contribution < 1.29 is 4.74 Å². The van der Waals surface area contributed by atoms with Crippen LogP contribution in [-0.4, -0.2) is 29.3 Å². The number of ether oxygens (including phenoxy) is 1. The van der Waals surface area contributed by atoms with Crippen LogP contribution >= 0.6 is 0 Å². The molecule has 0 fully saturated rings. The zero-order chi connectivity index (χ0) is 13.9. The summed E-state index contributed by atoms with van der Waals surface area (Å²) in [6.45, 7) is 3.94. The number of benzene rings is 1. The summed E-state index contributed by atoms with van der Waals surface area (Å²) in [5.74, 6) is 0. The molecule has 106 valence electrons. The van der Waals surface area contributed by atoms with Crippen LogP contribution in [0.2, 0.25) is 0 Å². The van der Waals surface area contributed by atoms with Crippen LogP contribution in [0, 0.1) is 0 Å². The number of aromatic nitrogens is 2. The SMILES string of the molecule is COC(C)Cn1cncc1-c1cccc2c1NCCC2. The minimum atomic E-state index is 0.176. The van der Waals surface area contributed by atoms with E-state index in [2.05, 4.69) is 40.0 Å². The Kier molecular flexibility index (Phi) is 3.74. The molecule has 4 nitrogen and oxygen atoms in total. The van der Waals surface area contributed by atoms with E-state index in [4.69, 9.17) is 4.74 Å². The molecule has 2 heterocycles. The lowest BCUT2D eigenvalue weighted by Gasteiger charge is -2.22. The van der Waals surface area contributed by atoms with Gasteiger partial charge in [0.1, 0.15) is 0 Å². The van der Waals surface area contributed by atoms with Gasteiger partial charge in [-0.1, -0.05) is 18.2 Å². The Balaban J connectivity index is 1.99. The average Bonchev–Trinajstić information content (AvgIpc) is 2.94. The van der Waals surface area contributed by atoms with Crippen LogP contribution in [0.15, 0.2) is 30.7 Å². The number of rotatable bonds is 4. The molecule has 0 aliphatic carbocycles. The molecule has 1 aromatic heterocycles. The van der Waals surface area contributed by atoms with Crippen molar-refractivity contribution >= 4 is 5.69 Å². The number of para-hydroxylation sites is 1. The standard InChI is InChI=1S/C16H21N3O/c1-12(20-2)10-19-11-17-9-15(19)14-7-3-5-13-6-4-8-18-16(13)14/h3,5,7,9,11-12,18H,4,6,8,10H2,1-2H3. The maximum absolute atomic E-state index is 5.36. The quantitative estimate of drug-likeness (QED) is 0.929. The van der Waals surface area contributed by atoms with E-state index < -0.39 is 0 Å². The van der Waals surface area contributed by atoms with E-state index in [0.29, 0.717) is 0 Å². The first kappa shape index (κ1) is 13.2. The van der Waals surface area contributed by atoms with Gasteiger partial charge in [-0.25, -0.2) is 4.98 Å². The molecule has 0 bridgehead atoms. The van der Waals surface area contributed by atoms with E-state index in [1.54, 1.807) is 7.11 Å². The predicted octanol–water partition coefficient (Wildman–Crippen LogP) is 2.94. The molecule has 0 amide bonds. The number of anilines is 1. The summed E-state index contributed by atoms with van der Waals surface area (Å²) in [7, 11) is 1.74. The zero-order valence-corrected chi connectivity index (χ0v) is 12.1. The Hall–Kier alpha value is -1.81. The highest BCUT2D eigenvalue weighted by Crippen LogP contribution is 2.33. The number of hydrogen-bond donors (Lipinski definition) is 1. The summed E-state index contributed by atoms with van der Waals surface area (Å²) in [6, 6.07) is 6.52. The number of imidazole rings is 1. The molecule has 1 aliphatic rings. The molecule has 4 heteroatoms. The first-order valence-electron chi connectivity index (χ1n) is 7.18. The van der Waals surface area contributed by atoms with Crippen molar-refractivity contribution in [3.05, 3.63) is 36.3 Å². The first-order valence-corrected chi connectivity index (χ1v) is 7.18.